The van der Waals surface area contributed by atoms with Crippen LogP contribution in [0.4, 0.5) is 5.69 Å². The van der Waals surface area contributed by atoms with Gasteiger partial charge in [-0.1, -0.05) is 24.3 Å². The summed E-state index contributed by atoms with van der Waals surface area (Å²) in [5.41, 5.74) is 4.80. The lowest BCUT2D eigenvalue weighted by molar-refractivity contribution is 0.102. The molecular formula is C17H15N3O. The largest absolute Gasteiger partial charge is 0.320 e. The van der Waals surface area contributed by atoms with E-state index in [2.05, 4.69) is 15.3 Å². The van der Waals surface area contributed by atoms with E-state index in [9.17, 15) is 4.79 Å². The van der Waals surface area contributed by atoms with Crippen LogP contribution in [0.25, 0.3) is 11.0 Å². The van der Waals surface area contributed by atoms with E-state index in [-0.39, 0.29) is 5.91 Å². The third kappa shape index (κ3) is 2.60. The summed E-state index contributed by atoms with van der Waals surface area (Å²) in [5.74, 6) is -0.248. The van der Waals surface area contributed by atoms with Gasteiger partial charge < -0.3 is 5.32 Å². The standard InChI is InChI=1S/C17H15N3O/c1-11-6-5-9-13(12(11)2)20-17(21)16-10-18-14-7-3-4-8-15(14)19-16/h3-10H,1-2H3,(H,20,21). The Morgan fingerprint density at radius 2 is 1.76 bits per heavy atom. The number of fused-ring (bicyclic) bond motifs is 1. The molecule has 0 unspecified atom stereocenters. The van der Waals surface area contributed by atoms with Gasteiger partial charge in [0, 0.05) is 5.69 Å². The average molecular weight is 277 g/mol. The summed E-state index contributed by atoms with van der Waals surface area (Å²) < 4.78 is 0. The second kappa shape index (κ2) is 5.32. The maximum atomic E-state index is 12.3. The molecule has 4 heteroatoms. The van der Waals surface area contributed by atoms with Crippen LogP contribution in [0.2, 0.25) is 0 Å². The molecule has 0 spiro atoms. The number of rotatable bonds is 2. The number of para-hydroxylation sites is 2. The molecule has 0 fully saturated rings. The van der Waals surface area contributed by atoms with Gasteiger partial charge in [0.25, 0.3) is 5.91 Å². The zero-order valence-corrected chi connectivity index (χ0v) is 11.9. The molecule has 0 aliphatic rings. The number of carbonyl (C=O) groups excluding carboxylic acids is 1. The number of benzene rings is 2. The van der Waals surface area contributed by atoms with Crippen LogP contribution in [0.5, 0.6) is 0 Å². The number of nitrogens with zero attached hydrogens (tertiary/aromatic N) is 2. The van der Waals surface area contributed by atoms with E-state index in [4.69, 9.17) is 0 Å². The summed E-state index contributed by atoms with van der Waals surface area (Å²) >= 11 is 0. The predicted octanol–water partition coefficient (Wildman–Crippen LogP) is 3.50. The number of hydrogen-bond acceptors (Lipinski definition) is 3. The molecule has 104 valence electrons. The molecule has 0 aliphatic heterocycles. The molecule has 4 nitrogen and oxygen atoms in total. The molecule has 1 N–H and O–H groups in total. The topological polar surface area (TPSA) is 54.9 Å². The minimum Gasteiger partial charge on any atom is -0.320 e. The van der Waals surface area contributed by atoms with E-state index in [1.165, 1.54) is 6.20 Å². The van der Waals surface area contributed by atoms with Crippen LogP contribution >= 0.6 is 0 Å². The monoisotopic (exact) mass is 277 g/mol. The summed E-state index contributed by atoms with van der Waals surface area (Å²) in [6.07, 6.45) is 1.50. The smallest absolute Gasteiger partial charge is 0.275 e. The summed E-state index contributed by atoms with van der Waals surface area (Å²) in [6, 6.07) is 13.3. The van der Waals surface area contributed by atoms with Gasteiger partial charge in [-0.25, -0.2) is 4.98 Å². The molecular weight excluding hydrogens is 262 g/mol. The summed E-state index contributed by atoms with van der Waals surface area (Å²) in [6.45, 7) is 4.00. The third-order valence-corrected chi connectivity index (χ3v) is 3.53. The van der Waals surface area contributed by atoms with Crippen LogP contribution in [0, 0.1) is 13.8 Å². The molecule has 0 atom stereocenters. The van der Waals surface area contributed by atoms with Crippen molar-refractivity contribution in [3.63, 3.8) is 0 Å². The second-order valence-corrected chi connectivity index (χ2v) is 4.95. The van der Waals surface area contributed by atoms with Crippen LogP contribution in [-0.4, -0.2) is 15.9 Å². The van der Waals surface area contributed by atoms with E-state index in [0.29, 0.717) is 11.2 Å². The number of anilines is 1. The summed E-state index contributed by atoms with van der Waals surface area (Å²) in [7, 11) is 0. The predicted molar refractivity (Wildman–Crippen MR) is 83.4 cm³/mol. The molecule has 0 saturated heterocycles. The highest BCUT2D eigenvalue weighted by Gasteiger charge is 2.11. The third-order valence-electron chi connectivity index (χ3n) is 3.53. The fourth-order valence-corrected chi connectivity index (χ4v) is 2.14. The van der Waals surface area contributed by atoms with E-state index in [1.54, 1.807) is 0 Å². The number of hydrogen-bond donors (Lipinski definition) is 1. The van der Waals surface area contributed by atoms with Gasteiger partial charge in [-0.2, -0.15) is 0 Å². The molecule has 3 aromatic rings. The SMILES string of the molecule is Cc1cccc(NC(=O)c2cnc3ccccc3n2)c1C. The minimum absolute atomic E-state index is 0.248. The molecule has 0 radical (unpaired) electrons. The molecule has 21 heavy (non-hydrogen) atoms. The Morgan fingerprint density at radius 1 is 1.00 bits per heavy atom. The minimum atomic E-state index is -0.248. The number of nitrogens with one attached hydrogen (secondary N) is 1. The van der Waals surface area contributed by atoms with Gasteiger partial charge in [-0.15, -0.1) is 0 Å². The molecule has 0 bridgehead atoms. The highest BCUT2D eigenvalue weighted by atomic mass is 16.1. The fourth-order valence-electron chi connectivity index (χ4n) is 2.14. The first kappa shape index (κ1) is 13.2. The summed E-state index contributed by atoms with van der Waals surface area (Å²) in [4.78, 5) is 20.9. The molecule has 2 aromatic carbocycles. The Hall–Kier alpha value is -2.75. The maximum Gasteiger partial charge on any atom is 0.275 e. The van der Waals surface area contributed by atoms with E-state index in [0.717, 1.165) is 22.3 Å². The van der Waals surface area contributed by atoms with Crippen molar-refractivity contribution in [3.8, 4) is 0 Å². The Labute approximate surface area is 122 Å². The first-order valence-electron chi connectivity index (χ1n) is 6.74. The van der Waals surface area contributed by atoms with Crippen molar-refractivity contribution in [1.82, 2.24) is 9.97 Å². The summed E-state index contributed by atoms with van der Waals surface area (Å²) in [5, 5.41) is 2.89. The van der Waals surface area contributed by atoms with Crippen LogP contribution in [-0.2, 0) is 0 Å². The van der Waals surface area contributed by atoms with Gasteiger partial charge in [-0.3, -0.25) is 9.78 Å². The number of aryl methyl sites for hydroxylation is 1. The van der Waals surface area contributed by atoms with Gasteiger partial charge >= 0.3 is 0 Å². The van der Waals surface area contributed by atoms with Gasteiger partial charge in [-0.05, 0) is 43.2 Å². The van der Waals surface area contributed by atoms with Crippen molar-refractivity contribution in [3.05, 3.63) is 65.5 Å². The lowest BCUT2D eigenvalue weighted by Gasteiger charge is -2.10. The average Bonchev–Trinajstić information content (AvgIpc) is 2.51. The highest BCUT2D eigenvalue weighted by molar-refractivity contribution is 6.04. The molecule has 1 heterocycles. The van der Waals surface area contributed by atoms with Gasteiger partial charge in [0.15, 0.2) is 0 Å². The first-order chi connectivity index (χ1) is 10.1. The van der Waals surface area contributed by atoms with Crippen molar-refractivity contribution in [2.75, 3.05) is 5.32 Å². The normalized spacial score (nSPS) is 10.6. The highest BCUT2D eigenvalue weighted by Crippen LogP contribution is 2.18. The van der Waals surface area contributed by atoms with Gasteiger partial charge in [0.05, 0.1) is 17.2 Å². The van der Waals surface area contributed by atoms with Crippen molar-refractivity contribution < 1.29 is 4.79 Å². The van der Waals surface area contributed by atoms with E-state index >= 15 is 0 Å². The molecule has 1 aromatic heterocycles. The molecule has 0 saturated carbocycles. The van der Waals surface area contributed by atoms with Crippen LogP contribution in [0.3, 0.4) is 0 Å². The van der Waals surface area contributed by atoms with Crippen LogP contribution in [0.1, 0.15) is 21.6 Å². The van der Waals surface area contributed by atoms with Gasteiger partial charge in [0.2, 0.25) is 0 Å². The number of carbonyl (C=O) groups is 1. The van der Waals surface area contributed by atoms with Crippen molar-refractivity contribution in [2.24, 2.45) is 0 Å². The molecule has 3 rings (SSSR count). The maximum absolute atomic E-state index is 12.3. The number of aromatic nitrogens is 2. The van der Waals surface area contributed by atoms with Crippen molar-refractivity contribution in [1.29, 1.82) is 0 Å². The number of amides is 1. The van der Waals surface area contributed by atoms with Crippen molar-refractivity contribution in [2.45, 2.75) is 13.8 Å². The van der Waals surface area contributed by atoms with Crippen LogP contribution in [0.15, 0.2) is 48.7 Å². The Morgan fingerprint density at radius 3 is 2.57 bits per heavy atom. The van der Waals surface area contributed by atoms with Gasteiger partial charge in [0.1, 0.15) is 5.69 Å². The molecule has 0 aliphatic carbocycles. The Balaban J connectivity index is 1.91. The first-order valence-corrected chi connectivity index (χ1v) is 6.74. The van der Waals surface area contributed by atoms with Crippen molar-refractivity contribution >= 4 is 22.6 Å². The zero-order valence-electron chi connectivity index (χ0n) is 11.9. The quantitative estimate of drug-likeness (QED) is 0.780. The lowest BCUT2D eigenvalue weighted by Crippen LogP contribution is -2.15. The zero-order chi connectivity index (χ0) is 14.8. The lowest BCUT2D eigenvalue weighted by atomic mass is 10.1. The Bertz CT molecular complexity index is 827. The van der Waals surface area contributed by atoms with E-state index in [1.807, 2.05) is 56.3 Å². The van der Waals surface area contributed by atoms with Crippen LogP contribution < -0.4 is 5.32 Å². The second-order valence-electron chi connectivity index (χ2n) is 4.95. The molecule has 1 amide bonds. The fraction of sp³-hybridized carbons (Fsp3) is 0.118. The van der Waals surface area contributed by atoms with E-state index < -0.39 is 0 Å². The Kier molecular flexibility index (Phi) is 3.36.